The van der Waals surface area contributed by atoms with Crippen LogP contribution in [-0.2, 0) is 16.0 Å². The lowest BCUT2D eigenvalue weighted by Gasteiger charge is -2.28. The summed E-state index contributed by atoms with van der Waals surface area (Å²) in [5, 5.41) is 11.8. The molecule has 0 aliphatic rings. The van der Waals surface area contributed by atoms with E-state index in [0.29, 0.717) is 5.69 Å². The highest BCUT2D eigenvalue weighted by Crippen LogP contribution is 2.17. The van der Waals surface area contributed by atoms with Gasteiger partial charge in [-0.15, -0.1) is 0 Å². The van der Waals surface area contributed by atoms with Gasteiger partial charge in [0.25, 0.3) is 0 Å². The zero-order chi connectivity index (χ0) is 16.3. The Morgan fingerprint density at radius 3 is 2.14 bits per heavy atom. The molecular formula is C15H22N2O4. The largest absolute Gasteiger partial charge is 0.480 e. The third-order valence-electron chi connectivity index (χ3n) is 2.79. The lowest BCUT2D eigenvalue weighted by molar-refractivity contribution is -0.144. The quantitative estimate of drug-likeness (QED) is 0.739. The number of nitrogens with one attached hydrogen (secondary N) is 1. The van der Waals surface area contributed by atoms with E-state index in [0.717, 1.165) is 5.56 Å². The van der Waals surface area contributed by atoms with Crippen LogP contribution in [0.2, 0.25) is 0 Å². The second-order valence-electron chi connectivity index (χ2n) is 6.18. The third-order valence-corrected chi connectivity index (χ3v) is 2.79. The van der Waals surface area contributed by atoms with E-state index in [-0.39, 0.29) is 6.42 Å². The Hall–Kier alpha value is -2.24. The first kappa shape index (κ1) is 16.8. The Labute approximate surface area is 124 Å². The monoisotopic (exact) mass is 294 g/mol. The maximum absolute atomic E-state index is 11.8. The normalized spacial score (nSPS) is 14.1. The number of ether oxygens (including phenoxy) is 1. The van der Waals surface area contributed by atoms with Crippen LogP contribution in [0.1, 0.15) is 33.3 Å². The number of alkyl carbamates (subject to hydrolysis) is 1. The average molecular weight is 294 g/mol. The minimum absolute atomic E-state index is 0.127. The van der Waals surface area contributed by atoms with Gasteiger partial charge in [0, 0.05) is 12.1 Å². The molecule has 0 aromatic heterocycles. The summed E-state index contributed by atoms with van der Waals surface area (Å²) in [5.41, 5.74) is 4.79. The summed E-state index contributed by atoms with van der Waals surface area (Å²) in [6, 6.07) is 6.83. The Balaban J connectivity index is 2.86. The smallest absolute Gasteiger partial charge is 0.408 e. The number of hydrogen-bond donors (Lipinski definition) is 3. The van der Waals surface area contributed by atoms with Crippen LogP contribution in [0.4, 0.5) is 10.5 Å². The molecule has 0 saturated carbocycles. The van der Waals surface area contributed by atoms with Crippen LogP contribution in [0.25, 0.3) is 0 Å². The number of carbonyl (C=O) groups excluding carboxylic acids is 1. The fourth-order valence-electron chi connectivity index (χ4n) is 1.75. The third kappa shape index (κ3) is 5.33. The molecule has 6 nitrogen and oxygen atoms in total. The highest BCUT2D eigenvalue weighted by atomic mass is 16.6. The number of carbonyl (C=O) groups is 2. The van der Waals surface area contributed by atoms with Crippen molar-refractivity contribution in [2.75, 3.05) is 5.73 Å². The molecule has 21 heavy (non-hydrogen) atoms. The van der Waals surface area contributed by atoms with E-state index in [1.165, 1.54) is 6.92 Å². The van der Waals surface area contributed by atoms with Crippen molar-refractivity contribution in [1.29, 1.82) is 0 Å². The molecule has 0 aliphatic carbocycles. The molecule has 0 radical (unpaired) electrons. The molecule has 116 valence electrons. The van der Waals surface area contributed by atoms with Gasteiger partial charge >= 0.3 is 12.1 Å². The number of carboxylic acids is 1. The number of carboxylic acid groups (broad SMARTS) is 1. The van der Waals surface area contributed by atoms with Gasteiger partial charge in [-0.25, -0.2) is 9.59 Å². The number of anilines is 1. The fourth-order valence-corrected chi connectivity index (χ4v) is 1.75. The summed E-state index contributed by atoms with van der Waals surface area (Å²) < 4.78 is 5.11. The standard InChI is InChI=1S/C15H22N2O4/c1-14(2,3)21-13(20)17-15(4,12(18)19)9-10-5-7-11(16)8-6-10/h5-8H,9,16H2,1-4H3,(H,17,20)(H,18,19)/t15-/m0/s1. The van der Waals surface area contributed by atoms with Gasteiger partial charge in [0.1, 0.15) is 11.1 Å². The predicted octanol–water partition coefficient (Wildman–Crippen LogP) is 2.18. The molecular weight excluding hydrogens is 272 g/mol. The fraction of sp³-hybridized carbons (Fsp3) is 0.467. The van der Waals surface area contributed by atoms with Crippen molar-refractivity contribution in [3.63, 3.8) is 0 Å². The molecule has 0 spiro atoms. The van der Waals surface area contributed by atoms with Crippen LogP contribution in [0, 0.1) is 0 Å². The zero-order valence-corrected chi connectivity index (χ0v) is 12.8. The van der Waals surface area contributed by atoms with E-state index in [2.05, 4.69) is 5.32 Å². The number of amides is 1. The summed E-state index contributed by atoms with van der Waals surface area (Å²) in [6.07, 6.45) is -0.634. The van der Waals surface area contributed by atoms with Gasteiger partial charge in [-0.2, -0.15) is 0 Å². The first-order valence-electron chi connectivity index (χ1n) is 6.61. The molecule has 0 aliphatic heterocycles. The van der Waals surface area contributed by atoms with Gasteiger partial charge in [-0.1, -0.05) is 12.1 Å². The number of aliphatic carboxylic acids is 1. The molecule has 1 atom stereocenters. The van der Waals surface area contributed by atoms with E-state index < -0.39 is 23.2 Å². The maximum Gasteiger partial charge on any atom is 0.408 e. The van der Waals surface area contributed by atoms with Crippen molar-refractivity contribution in [3.05, 3.63) is 29.8 Å². The van der Waals surface area contributed by atoms with E-state index in [1.807, 2.05) is 0 Å². The van der Waals surface area contributed by atoms with Gasteiger partial charge in [0.05, 0.1) is 0 Å². The summed E-state index contributed by atoms with van der Waals surface area (Å²) in [4.78, 5) is 23.3. The molecule has 1 amide bonds. The summed E-state index contributed by atoms with van der Waals surface area (Å²) in [7, 11) is 0. The zero-order valence-electron chi connectivity index (χ0n) is 12.8. The number of nitrogens with two attached hydrogens (primary N) is 1. The Kier molecular flexibility index (Phi) is 4.83. The summed E-state index contributed by atoms with van der Waals surface area (Å²) >= 11 is 0. The molecule has 1 rings (SSSR count). The van der Waals surface area contributed by atoms with E-state index in [1.54, 1.807) is 45.0 Å². The van der Waals surface area contributed by atoms with Crippen molar-refractivity contribution >= 4 is 17.7 Å². The van der Waals surface area contributed by atoms with Gasteiger partial charge in [-0.05, 0) is 45.4 Å². The number of benzene rings is 1. The average Bonchev–Trinajstić information content (AvgIpc) is 2.29. The van der Waals surface area contributed by atoms with Gasteiger partial charge < -0.3 is 20.9 Å². The number of hydrogen-bond acceptors (Lipinski definition) is 4. The maximum atomic E-state index is 11.8. The predicted molar refractivity (Wildman–Crippen MR) is 80.0 cm³/mol. The SMILES string of the molecule is CC(C)(C)OC(=O)N[C@@](C)(Cc1ccc(N)cc1)C(=O)O. The van der Waals surface area contributed by atoms with Crippen molar-refractivity contribution in [1.82, 2.24) is 5.32 Å². The van der Waals surface area contributed by atoms with Crippen LogP contribution < -0.4 is 11.1 Å². The molecule has 0 saturated heterocycles. The van der Waals surface area contributed by atoms with Crippen LogP contribution in [0.3, 0.4) is 0 Å². The van der Waals surface area contributed by atoms with Gasteiger partial charge in [0.15, 0.2) is 0 Å². The lowest BCUT2D eigenvalue weighted by atomic mass is 9.93. The van der Waals surface area contributed by atoms with Crippen molar-refractivity contribution in [3.8, 4) is 0 Å². The van der Waals surface area contributed by atoms with E-state index in [9.17, 15) is 14.7 Å². The Morgan fingerprint density at radius 2 is 1.71 bits per heavy atom. The topological polar surface area (TPSA) is 102 Å². The van der Waals surface area contributed by atoms with Gasteiger partial charge in [-0.3, -0.25) is 0 Å². The lowest BCUT2D eigenvalue weighted by Crippen LogP contribution is -2.54. The summed E-state index contributed by atoms with van der Waals surface area (Å²) in [5.74, 6) is -1.13. The number of nitrogen functional groups attached to an aromatic ring is 1. The first-order valence-corrected chi connectivity index (χ1v) is 6.61. The minimum atomic E-state index is -1.46. The highest BCUT2D eigenvalue weighted by Gasteiger charge is 2.36. The first-order chi connectivity index (χ1) is 9.52. The molecule has 4 N–H and O–H groups in total. The van der Waals surface area contributed by atoms with Crippen LogP contribution in [-0.4, -0.2) is 28.3 Å². The van der Waals surface area contributed by atoms with Gasteiger partial charge in [0.2, 0.25) is 0 Å². The molecule has 6 heteroatoms. The molecule has 1 aromatic rings. The molecule has 0 heterocycles. The highest BCUT2D eigenvalue weighted by molar-refractivity contribution is 5.84. The van der Waals surface area contributed by atoms with Crippen LogP contribution in [0.5, 0.6) is 0 Å². The second-order valence-corrected chi connectivity index (χ2v) is 6.18. The van der Waals surface area contributed by atoms with Crippen LogP contribution in [0.15, 0.2) is 24.3 Å². The van der Waals surface area contributed by atoms with E-state index in [4.69, 9.17) is 10.5 Å². The van der Waals surface area contributed by atoms with Crippen LogP contribution >= 0.6 is 0 Å². The van der Waals surface area contributed by atoms with Crippen molar-refractivity contribution in [2.45, 2.75) is 45.3 Å². The molecule has 0 bridgehead atoms. The number of rotatable bonds is 4. The molecule has 0 unspecified atom stereocenters. The second kappa shape index (κ2) is 6.03. The van der Waals surface area contributed by atoms with Crippen molar-refractivity contribution in [2.24, 2.45) is 0 Å². The Morgan fingerprint density at radius 1 is 1.19 bits per heavy atom. The molecule has 1 aromatic carbocycles. The summed E-state index contributed by atoms with van der Waals surface area (Å²) in [6.45, 7) is 6.58. The molecule has 0 fully saturated rings. The van der Waals surface area contributed by atoms with E-state index >= 15 is 0 Å². The Bertz CT molecular complexity index is 519. The van der Waals surface area contributed by atoms with Crippen molar-refractivity contribution < 1.29 is 19.4 Å². The minimum Gasteiger partial charge on any atom is -0.480 e.